The molecule has 0 saturated heterocycles. The van der Waals surface area contributed by atoms with Gasteiger partial charge in [-0.3, -0.25) is 0 Å². The summed E-state index contributed by atoms with van der Waals surface area (Å²) in [7, 11) is -3.27. The molecule has 0 bridgehead atoms. The predicted molar refractivity (Wildman–Crippen MR) is 66.7 cm³/mol. The molecule has 0 aliphatic carbocycles. The second kappa shape index (κ2) is 6.23. The Morgan fingerprint density at radius 2 is 1.94 bits per heavy atom. The van der Waals surface area contributed by atoms with Gasteiger partial charge in [-0.05, 0) is 25.1 Å². The van der Waals surface area contributed by atoms with Crippen LogP contribution in [0.1, 0.15) is 13.3 Å². The molecule has 0 unspecified atom stereocenters. The molecule has 1 aromatic rings. The number of rotatable bonds is 6. The van der Waals surface area contributed by atoms with Crippen molar-refractivity contribution in [2.45, 2.75) is 18.2 Å². The molecule has 1 rings (SSSR count). The van der Waals surface area contributed by atoms with Crippen LogP contribution in [-0.2, 0) is 9.84 Å². The van der Waals surface area contributed by atoms with Gasteiger partial charge in [-0.15, -0.1) is 0 Å². The zero-order valence-corrected chi connectivity index (χ0v) is 10.8. The van der Waals surface area contributed by atoms with Crippen LogP contribution in [0, 0.1) is 0 Å². The van der Waals surface area contributed by atoms with Crippen molar-refractivity contribution in [2.75, 3.05) is 18.8 Å². The van der Waals surface area contributed by atoms with Gasteiger partial charge < -0.3 is 5.32 Å². The Kier molecular flexibility index (Phi) is 5.25. The highest BCUT2D eigenvalue weighted by Crippen LogP contribution is 2.21. The summed E-state index contributed by atoms with van der Waals surface area (Å²) in [6.07, 6.45) is 0.992. The average Bonchev–Trinajstić information content (AvgIpc) is 2.25. The SMILES string of the molecule is CCCNCCS(=O)(=O)c1ccccc1Cl. The van der Waals surface area contributed by atoms with Crippen LogP contribution in [0.15, 0.2) is 29.2 Å². The molecule has 3 nitrogen and oxygen atoms in total. The van der Waals surface area contributed by atoms with E-state index in [9.17, 15) is 8.42 Å². The summed E-state index contributed by atoms with van der Waals surface area (Å²) in [4.78, 5) is 0.218. The summed E-state index contributed by atoms with van der Waals surface area (Å²) in [6.45, 7) is 3.33. The van der Waals surface area contributed by atoms with Crippen molar-refractivity contribution in [1.82, 2.24) is 5.32 Å². The summed E-state index contributed by atoms with van der Waals surface area (Å²) in [6, 6.07) is 6.53. The van der Waals surface area contributed by atoms with E-state index in [2.05, 4.69) is 5.32 Å². The first-order valence-electron chi connectivity index (χ1n) is 5.26. The van der Waals surface area contributed by atoms with Crippen LogP contribution in [0.3, 0.4) is 0 Å². The zero-order chi connectivity index (χ0) is 12.0. The van der Waals surface area contributed by atoms with Gasteiger partial charge in [0.1, 0.15) is 0 Å². The first-order chi connectivity index (χ1) is 7.58. The van der Waals surface area contributed by atoms with E-state index >= 15 is 0 Å². The molecular formula is C11H16ClNO2S. The lowest BCUT2D eigenvalue weighted by Crippen LogP contribution is -2.23. The predicted octanol–water partition coefficient (Wildman–Crippen LogP) is 2.11. The van der Waals surface area contributed by atoms with E-state index in [0.29, 0.717) is 6.54 Å². The minimum atomic E-state index is -3.27. The number of halogens is 1. The average molecular weight is 262 g/mol. The van der Waals surface area contributed by atoms with E-state index in [0.717, 1.165) is 13.0 Å². The second-order valence-electron chi connectivity index (χ2n) is 3.50. The Labute approximate surface area is 102 Å². The van der Waals surface area contributed by atoms with E-state index in [1.54, 1.807) is 18.2 Å². The number of nitrogens with one attached hydrogen (secondary N) is 1. The van der Waals surface area contributed by atoms with Crippen molar-refractivity contribution in [3.8, 4) is 0 Å². The van der Waals surface area contributed by atoms with Crippen LogP contribution in [0.2, 0.25) is 5.02 Å². The van der Waals surface area contributed by atoms with Crippen LogP contribution in [0.4, 0.5) is 0 Å². The lowest BCUT2D eigenvalue weighted by Gasteiger charge is -2.06. The van der Waals surface area contributed by atoms with Crippen LogP contribution in [-0.4, -0.2) is 27.3 Å². The fraction of sp³-hybridized carbons (Fsp3) is 0.455. The van der Waals surface area contributed by atoms with Gasteiger partial charge in [-0.1, -0.05) is 30.7 Å². The van der Waals surface area contributed by atoms with Gasteiger partial charge in [0.15, 0.2) is 9.84 Å². The van der Waals surface area contributed by atoms with Crippen molar-refractivity contribution in [3.05, 3.63) is 29.3 Å². The maximum atomic E-state index is 11.9. The van der Waals surface area contributed by atoms with Crippen LogP contribution in [0.5, 0.6) is 0 Å². The molecule has 0 radical (unpaired) electrons. The summed E-state index contributed by atoms with van der Waals surface area (Å²) in [5.41, 5.74) is 0. The highest BCUT2D eigenvalue weighted by atomic mass is 35.5. The third-order valence-corrected chi connectivity index (χ3v) is 4.36. The number of benzene rings is 1. The second-order valence-corrected chi connectivity index (χ2v) is 5.98. The maximum absolute atomic E-state index is 11.9. The number of hydrogen-bond acceptors (Lipinski definition) is 3. The van der Waals surface area contributed by atoms with E-state index in [1.807, 2.05) is 6.92 Å². The molecule has 0 spiro atoms. The van der Waals surface area contributed by atoms with Crippen molar-refractivity contribution in [1.29, 1.82) is 0 Å². The molecule has 0 aliphatic rings. The van der Waals surface area contributed by atoms with Gasteiger partial charge in [0, 0.05) is 6.54 Å². The highest BCUT2D eigenvalue weighted by molar-refractivity contribution is 7.91. The first kappa shape index (κ1) is 13.5. The van der Waals surface area contributed by atoms with Gasteiger partial charge in [-0.25, -0.2) is 8.42 Å². The fourth-order valence-electron chi connectivity index (χ4n) is 1.32. The maximum Gasteiger partial charge on any atom is 0.181 e. The topological polar surface area (TPSA) is 46.2 Å². The zero-order valence-electron chi connectivity index (χ0n) is 9.24. The van der Waals surface area contributed by atoms with Crippen LogP contribution < -0.4 is 5.32 Å². The normalized spacial score (nSPS) is 11.6. The fourth-order valence-corrected chi connectivity index (χ4v) is 3.09. The molecule has 5 heteroatoms. The Bertz CT molecular complexity index is 431. The molecule has 1 aromatic carbocycles. The molecule has 16 heavy (non-hydrogen) atoms. The van der Waals surface area contributed by atoms with Gasteiger partial charge in [0.05, 0.1) is 15.7 Å². The van der Waals surface area contributed by atoms with E-state index in [4.69, 9.17) is 11.6 Å². The largest absolute Gasteiger partial charge is 0.316 e. The Hall–Kier alpha value is -0.580. The quantitative estimate of drug-likeness (QED) is 0.798. The van der Waals surface area contributed by atoms with Crippen molar-refractivity contribution in [2.24, 2.45) is 0 Å². The summed E-state index contributed by atoms with van der Waals surface area (Å²) in [5.74, 6) is 0.0801. The molecule has 0 fully saturated rings. The van der Waals surface area contributed by atoms with Gasteiger partial charge in [0.2, 0.25) is 0 Å². The lowest BCUT2D eigenvalue weighted by atomic mass is 10.4. The summed E-state index contributed by atoms with van der Waals surface area (Å²) in [5, 5.41) is 3.35. The van der Waals surface area contributed by atoms with Crippen molar-refractivity contribution < 1.29 is 8.42 Å². The van der Waals surface area contributed by atoms with Crippen molar-refractivity contribution in [3.63, 3.8) is 0 Å². The Morgan fingerprint density at radius 1 is 1.25 bits per heavy atom. The Balaban J connectivity index is 2.68. The molecular weight excluding hydrogens is 246 g/mol. The number of hydrogen-bond donors (Lipinski definition) is 1. The van der Waals surface area contributed by atoms with Crippen LogP contribution in [0.25, 0.3) is 0 Å². The third-order valence-electron chi connectivity index (χ3n) is 2.15. The van der Waals surface area contributed by atoms with Gasteiger partial charge in [0.25, 0.3) is 0 Å². The lowest BCUT2D eigenvalue weighted by molar-refractivity contribution is 0.590. The van der Waals surface area contributed by atoms with Gasteiger partial charge >= 0.3 is 0 Å². The Morgan fingerprint density at radius 3 is 2.56 bits per heavy atom. The number of sulfone groups is 1. The molecule has 1 N–H and O–H groups in total. The van der Waals surface area contributed by atoms with Crippen LogP contribution >= 0.6 is 11.6 Å². The van der Waals surface area contributed by atoms with E-state index in [1.165, 1.54) is 6.07 Å². The highest BCUT2D eigenvalue weighted by Gasteiger charge is 2.16. The summed E-state index contributed by atoms with van der Waals surface area (Å²) < 4.78 is 23.8. The molecule has 0 atom stereocenters. The molecule has 0 saturated carbocycles. The minimum absolute atomic E-state index is 0.0801. The van der Waals surface area contributed by atoms with Gasteiger partial charge in [-0.2, -0.15) is 0 Å². The third kappa shape index (κ3) is 3.77. The molecule has 90 valence electrons. The minimum Gasteiger partial charge on any atom is -0.316 e. The van der Waals surface area contributed by atoms with Crippen molar-refractivity contribution >= 4 is 21.4 Å². The molecule has 0 amide bonds. The molecule has 0 heterocycles. The van der Waals surface area contributed by atoms with E-state index < -0.39 is 9.84 Å². The monoisotopic (exact) mass is 261 g/mol. The summed E-state index contributed by atoms with van der Waals surface area (Å²) >= 11 is 5.85. The standard InChI is InChI=1S/C11H16ClNO2S/c1-2-7-13-8-9-16(14,15)11-6-4-3-5-10(11)12/h3-6,13H,2,7-9H2,1H3. The molecule has 0 aliphatic heterocycles. The smallest absolute Gasteiger partial charge is 0.181 e. The molecule has 0 aromatic heterocycles. The van der Waals surface area contributed by atoms with E-state index in [-0.39, 0.29) is 15.7 Å². The first-order valence-corrected chi connectivity index (χ1v) is 7.29.